The number of aryl methyl sites for hydroxylation is 2. The molecule has 134 valence electrons. The maximum atomic E-state index is 12.7. The molecular formula is C21H23N3O2. The molecule has 0 bridgehead atoms. The molecule has 1 aliphatic rings. The van der Waals surface area contributed by atoms with Crippen molar-refractivity contribution in [1.29, 1.82) is 0 Å². The summed E-state index contributed by atoms with van der Waals surface area (Å²) in [6.07, 6.45) is 2.37. The molecule has 0 atom stereocenters. The number of para-hydroxylation sites is 1. The minimum Gasteiger partial charge on any atom is -0.348 e. The first-order valence-electron chi connectivity index (χ1n) is 9.01. The van der Waals surface area contributed by atoms with Gasteiger partial charge in [-0.3, -0.25) is 9.59 Å². The van der Waals surface area contributed by atoms with E-state index in [2.05, 4.69) is 9.88 Å². The van der Waals surface area contributed by atoms with Crippen molar-refractivity contribution >= 4 is 16.8 Å². The van der Waals surface area contributed by atoms with E-state index in [1.807, 2.05) is 50.2 Å². The van der Waals surface area contributed by atoms with Gasteiger partial charge in [0.05, 0.1) is 11.1 Å². The molecule has 1 aliphatic carbocycles. The van der Waals surface area contributed by atoms with Crippen LogP contribution in [-0.4, -0.2) is 15.0 Å². The van der Waals surface area contributed by atoms with E-state index in [1.165, 1.54) is 12.8 Å². The fraction of sp³-hybridized carbons (Fsp3) is 0.333. The van der Waals surface area contributed by atoms with Gasteiger partial charge in [0, 0.05) is 36.6 Å². The van der Waals surface area contributed by atoms with Gasteiger partial charge in [0.15, 0.2) is 0 Å². The molecule has 0 aliphatic heterocycles. The van der Waals surface area contributed by atoms with Crippen molar-refractivity contribution in [2.24, 2.45) is 7.05 Å². The van der Waals surface area contributed by atoms with Crippen LogP contribution in [0.25, 0.3) is 10.9 Å². The number of nitrogens with zero attached hydrogens (tertiary/aromatic N) is 2. The first-order chi connectivity index (χ1) is 12.5. The minimum atomic E-state index is -0.125. The number of rotatable bonds is 4. The van der Waals surface area contributed by atoms with Gasteiger partial charge in [0.1, 0.15) is 0 Å². The summed E-state index contributed by atoms with van der Waals surface area (Å²) in [7, 11) is 1.76. The highest BCUT2D eigenvalue weighted by Gasteiger charge is 2.28. The van der Waals surface area contributed by atoms with E-state index in [0.717, 1.165) is 22.3 Å². The molecule has 0 saturated heterocycles. The Kier molecular flexibility index (Phi) is 3.94. The highest BCUT2D eigenvalue weighted by Crippen LogP contribution is 2.38. The van der Waals surface area contributed by atoms with Crippen molar-refractivity contribution in [3.8, 4) is 0 Å². The summed E-state index contributed by atoms with van der Waals surface area (Å²) in [5.74, 6) is -0.125. The van der Waals surface area contributed by atoms with Gasteiger partial charge >= 0.3 is 0 Å². The molecule has 5 nitrogen and oxygen atoms in total. The fourth-order valence-electron chi connectivity index (χ4n) is 3.79. The van der Waals surface area contributed by atoms with Gasteiger partial charge in [-0.25, -0.2) is 0 Å². The summed E-state index contributed by atoms with van der Waals surface area (Å²) in [6.45, 7) is 4.26. The van der Waals surface area contributed by atoms with Gasteiger partial charge in [-0.1, -0.05) is 18.2 Å². The standard InChI is InChI=1S/C21H23N3O2/c1-13-10-18(14(2)24(13)17-8-9-17)20(25)22-12-16-11-15-6-4-5-7-19(15)23(3)21(16)26/h4-7,10-11,17H,8-9,12H2,1-3H3,(H,22,25). The number of pyridine rings is 1. The number of nitrogens with one attached hydrogen (secondary N) is 1. The summed E-state index contributed by atoms with van der Waals surface area (Å²) >= 11 is 0. The number of benzene rings is 1. The molecule has 1 aromatic carbocycles. The smallest absolute Gasteiger partial charge is 0.255 e. The summed E-state index contributed by atoms with van der Waals surface area (Å²) in [4.78, 5) is 25.2. The van der Waals surface area contributed by atoms with Crippen LogP contribution in [-0.2, 0) is 13.6 Å². The average molecular weight is 349 g/mol. The third-order valence-corrected chi connectivity index (χ3v) is 5.29. The molecule has 4 rings (SSSR count). The molecule has 3 aromatic rings. The third-order valence-electron chi connectivity index (χ3n) is 5.29. The summed E-state index contributed by atoms with van der Waals surface area (Å²) in [6, 6.07) is 12.1. The van der Waals surface area contributed by atoms with Gasteiger partial charge < -0.3 is 14.5 Å². The highest BCUT2D eigenvalue weighted by atomic mass is 16.2. The van der Waals surface area contributed by atoms with Crippen molar-refractivity contribution in [3.05, 3.63) is 69.3 Å². The van der Waals surface area contributed by atoms with Gasteiger partial charge in [0.2, 0.25) is 0 Å². The molecule has 5 heteroatoms. The third kappa shape index (κ3) is 2.73. The lowest BCUT2D eigenvalue weighted by molar-refractivity contribution is 0.0950. The van der Waals surface area contributed by atoms with Crippen LogP contribution in [0.5, 0.6) is 0 Å². The zero-order chi connectivity index (χ0) is 18.4. The monoisotopic (exact) mass is 349 g/mol. The van der Waals surface area contributed by atoms with E-state index in [9.17, 15) is 9.59 Å². The number of amides is 1. The Morgan fingerprint density at radius 3 is 2.65 bits per heavy atom. The van der Waals surface area contributed by atoms with Crippen molar-refractivity contribution in [1.82, 2.24) is 14.5 Å². The van der Waals surface area contributed by atoms with Crippen LogP contribution in [0.2, 0.25) is 0 Å². The fourth-order valence-corrected chi connectivity index (χ4v) is 3.79. The Labute approximate surface area is 152 Å². The Hall–Kier alpha value is -2.82. The van der Waals surface area contributed by atoms with E-state index in [0.29, 0.717) is 17.2 Å². The zero-order valence-electron chi connectivity index (χ0n) is 15.4. The maximum absolute atomic E-state index is 12.7. The van der Waals surface area contributed by atoms with Crippen LogP contribution in [0.15, 0.2) is 41.2 Å². The van der Waals surface area contributed by atoms with Gasteiger partial charge in [-0.15, -0.1) is 0 Å². The first kappa shape index (κ1) is 16.6. The van der Waals surface area contributed by atoms with Crippen molar-refractivity contribution in [3.63, 3.8) is 0 Å². The maximum Gasteiger partial charge on any atom is 0.255 e. The van der Waals surface area contributed by atoms with Crippen molar-refractivity contribution in [2.75, 3.05) is 0 Å². The molecule has 1 saturated carbocycles. The van der Waals surface area contributed by atoms with Crippen molar-refractivity contribution in [2.45, 2.75) is 39.3 Å². The van der Waals surface area contributed by atoms with E-state index in [4.69, 9.17) is 0 Å². The molecule has 1 amide bonds. The number of aromatic nitrogens is 2. The van der Waals surface area contributed by atoms with Crippen LogP contribution in [0, 0.1) is 13.8 Å². The number of carbonyl (C=O) groups is 1. The second kappa shape index (κ2) is 6.16. The molecule has 0 unspecified atom stereocenters. The average Bonchev–Trinajstić information content (AvgIpc) is 3.41. The first-order valence-corrected chi connectivity index (χ1v) is 9.01. The van der Waals surface area contributed by atoms with Crippen LogP contribution < -0.4 is 10.9 Å². The number of hydrogen-bond acceptors (Lipinski definition) is 2. The normalized spacial score (nSPS) is 14.0. The highest BCUT2D eigenvalue weighted by molar-refractivity contribution is 5.95. The molecule has 0 radical (unpaired) electrons. The molecule has 1 N–H and O–H groups in total. The summed E-state index contributed by atoms with van der Waals surface area (Å²) < 4.78 is 3.89. The topological polar surface area (TPSA) is 56.0 Å². The Balaban J connectivity index is 1.59. The predicted octanol–water partition coefficient (Wildman–Crippen LogP) is 3.22. The lowest BCUT2D eigenvalue weighted by Crippen LogP contribution is -2.29. The molecule has 2 aromatic heterocycles. The molecule has 26 heavy (non-hydrogen) atoms. The van der Waals surface area contributed by atoms with Gasteiger partial charge in [-0.05, 0) is 50.3 Å². The Bertz CT molecular complexity index is 1070. The second-order valence-electron chi connectivity index (χ2n) is 7.16. The lowest BCUT2D eigenvalue weighted by Gasteiger charge is -2.10. The van der Waals surface area contributed by atoms with Crippen LogP contribution >= 0.6 is 0 Å². The van der Waals surface area contributed by atoms with E-state index >= 15 is 0 Å². The minimum absolute atomic E-state index is 0.0764. The van der Waals surface area contributed by atoms with E-state index < -0.39 is 0 Å². The quantitative estimate of drug-likeness (QED) is 0.786. The van der Waals surface area contributed by atoms with E-state index in [1.54, 1.807) is 11.6 Å². The summed E-state index contributed by atoms with van der Waals surface area (Å²) in [5.41, 5.74) is 4.24. The molecule has 1 fully saturated rings. The predicted molar refractivity (Wildman–Crippen MR) is 103 cm³/mol. The van der Waals surface area contributed by atoms with Gasteiger partial charge in [0.25, 0.3) is 11.5 Å². The summed E-state index contributed by atoms with van der Waals surface area (Å²) in [5, 5.41) is 3.91. The molecule has 0 spiro atoms. The SMILES string of the molecule is Cc1cc(C(=O)NCc2cc3ccccc3n(C)c2=O)c(C)n1C1CC1. The number of carbonyl (C=O) groups excluding carboxylic acids is 1. The lowest BCUT2D eigenvalue weighted by atomic mass is 10.1. The number of hydrogen-bond donors (Lipinski definition) is 1. The van der Waals surface area contributed by atoms with Crippen LogP contribution in [0.1, 0.15) is 46.2 Å². The Morgan fingerprint density at radius 2 is 1.92 bits per heavy atom. The van der Waals surface area contributed by atoms with Crippen molar-refractivity contribution < 1.29 is 4.79 Å². The molecule has 2 heterocycles. The van der Waals surface area contributed by atoms with Gasteiger partial charge in [-0.2, -0.15) is 0 Å². The molecular weight excluding hydrogens is 326 g/mol. The zero-order valence-corrected chi connectivity index (χ0v) is 15.4. The van der Waals surface area contributed by atoms with Crippen LogP contribution in [0.3, 0.4) is 0 Å². The second-order valence-corrected chi connectivity index (χ2v) is 7.16. The van der Waals surface area contributed by atoms with Crippen LogP contribution in [0.4, 0.5) is 0 Å². The largest absolute Gasteiger partial charge is 0.348 e. The van der Waals surface area contributed by atoms with E-state index in [-0.39, 0.29) is 18.0 Å². The number of fused-ring (bicyclic) bond motifs is 1. The Morgan fingerprint density at radius 1 is 1.19 bits per heavy atom.